The van der Waals surface area contributed by atoms with Crippen LogP contribution in [0.4, 0.5) is 4.79 Å². The van der Waals surface area contributed by atoms with Gasteiger partial charge in [-0.25, -0.2) is 4.79 Å². The van der Waals surface area contributed by atoms with Crippen molar-refractivity contribution in [3.8, 4) is 11.5 Å². The molecular weight excluding hydrogens is 362 g/mol. The zero-order chi connectivity index (χ0) is 19.7. The smallest absolute Gasteiger partial charge is 0.318 e. The largest absolute Gasteiger partial charge is 0.480 e. The number of rotatable bonds is 6. The Bertz CT molecular complexity index is 749. The summed E-state index contributed by atoms with van der Waals surface area (Å²) in [6.45, 7) is 3.71. The van der Waals surface area contributed by atoms with Crippen molar-refractivity contribution in [3.05, 3.63) is 23.8 Å². The van der Waals surface area contributed by atoms with Crippen molar-refractivity contribution in [2.75, 3.05) is 26.4 Å². The Morgan fingerprint density at radius 2 is 2.07 bits per heavy atom. The van der Waals surface area contributed by atoms with Gasteiger partial charge in [0.15, 0.2) is 11.5 Å². The van der Waals surface area contributed by atoms with Gasteiger partial charge < -0.3 is 24.8 Å². The van der Waals surface area contributed by atoms with Crippen LogP contribution in [0.1, 0.15) is 44.2 Å². The van der Waals surface area contributed by atoms with Crippen molar-refractivity contribution < 1.29 is 24.2 Å². The number of nitrogens with one attached hydrogen (secondary N) is 1. The van der Waals surface area contributed by atoms with E-state index < -0.39 is 5.97 Å². The number of hydrogen-bond donors (Lipinski definition) is 2. The average Bonchev–Trinajstić information content (AvgIpc) is 3.30. The third-order valence-electron chi connectivity index (χ3n) is 6.00. The SMILES string of the molecule is CCN(CC(=O)O)C1CC(NC(=O)N2CCCC2c2ccc3c(c2)OCO3)C1. The fourth-order valence-corrected chi connectivity index (χ4v) is 4.41. The lowest BCUT2D eigenvalue weighted by Crippen LogP contribution is -2.56. The summed E-state index contributed by atoms with van der Waals surface area (Å²) in [6.07, 6.45) is 3.51. The lowest BCUT2D eigenvalue weighted by Gasteiger charge is -2.43. The first kappa shape index (κ1) is 18.9. The molecule has 1 atom stereocenters. The first-order valence-corrected chi connectivity index (χ1v) is 9.97. The lowest BCUT2D eigenvalue weighted by atomic mass is 9.85. The van der Waals surface area contributed by atoms with Crippen LogP contribution in [-0.2, 0) is 4.79 Å². The Hall–Kier alpha value is -2.48. The minimum absolute atomic E-state index is 0.0371. The van der Waals surface area contributed by atoms with Crippen molar-refractivity contribution in [1.82, 2.24) is 15.1 Å². The standard InChI is InChI=1S/C20H27N3O5/c1-2-22(11-19(24)25)15-9-14(10-15)21-20(26)23-7-3-4-16(23)13-5-6-17-18(8-13)28-12-27-17/h5-6,8,14-16H,2-4,7,9-12H2,1H3,(H,21,26)(H,24,25). The molecule has 152 valence electrons. The zero-order valence-electron chi connectivity index (χ0n) is 16.1. The second-order valence-corrected chi connectivity index (χ2v) is 7.69. The Morgan fingerprint density at radius 1 is 1.29 bits per heavy atom. The Morgan fingerprint density at radius 3 is 2.82 bits per heavy atom. The molecule has 8 heteroatoms. The van der Waals surface area contributed by atoms with E-state index in [0.29, 0.717) is 6.54 Å². The number of fused-ring (bicyclic) bond motifs is 1. The molecule has 1 unspecified atom stereocenters. The Balaban J connectivity index is 1.33. The summed E-state index contributed by atoms with van der Waals surface area (Å²) in [5, 5.41) is 12.1. The van der Waals surface area contributed by atoms with Crippen LogP contribution in [0.15, 0.2) is 18.2 Å². The number of hydrogen-bond acceptors (Lipinski definition) is 5. The fourth-order valence-electron chi connectivity index (χ4n) is 4.41. The number of likely N-dealkylation sites (N-methyl/N-ethyl adjacent to an activating group) is 1. The van der Waals surface area contributed by atoms with E-state index in [1.54, 1.807) is 0 Å². The van der Waals surface area contributed by atoms with Gasteiger partial charge in [0, 0.05) is 18.6 Å². The molecule has 28 heavy (non-hydrogen) atoms. The Kier molecular flexibility index (Phi) is 5.30. The van der Waals surface area contributed by atoms with Crippen molar-refractivity contribution in [2.45, 2.75) is 50.7 Å². The molecule has 2 fully saturated rings. The normalized spacial score (nSPS) is 25.6. The zero-order valence-corrected chi connectivity index (χ0v) is 16.1. The molecule has 0 bridgehead atoms. The van der Waals surface area contributed by atoms with E-state index in [-0.39, 0.29) is 37.5 Å². The maximum atomic E-state index is 12.8. The maximum absolute atomic E-state index is 12.8. The first-order chi connectivity index (χ1) is 13.5. The van der Waals surface area contributed by atoms with Crippen LogP contribution in [0, 0.1) is 0 Å². The summed E-state index contributed by atoms with van der Waals surface area (Å²) in [5.41, 5.74) is 1.07. The Labute approximate surface area is 164 Å². The van der Waals surface area contributed by atoms with Crippen LogP contribution >= 0.6 is 0 Å². The van der Waals surface area contributed by atoms with Gasteiger partial charge in [-0.15, -0.1) is 0 Å². The molecule has 2 heterocycles. The van der Waals surface area contributed by atoms with Gasteiger partial charge in [0.2, 0.25) is 6.79 Å². The van der Waals surface area contributed by atoms with Crippen molar-refractivity contribution in [2.24, 2.45) is 0 Å². The summed E-state index contributed by atoms with van der Waals surface area (Å²) < 4.78 is 10.8. The van der Waals surface area contributed by atoms with Gasteiger partial charge in [-0.2, -0.15) is 0 Å². The van der Waals surface area contributed by atoms with Crippen LogP contribution < -0.4 is 14.8 Å². The number of carbonyl (C=O) groups is 2. The number of carboxylic acid groups (broad SMARTS) is 1. The molecule has 3 aliphatic rings. The van der Waals surface area contributed by atoms with Gasteiger partial charge in [0.1, 0.15) is 0 Å². The van der Waals surface area contributed by atoms with Crippen LogP contribution in [0.5, 0.6) is 11.5 Å². The van der Waals surface area contributed by atoms with Gasteiger partial charge in [0.05, 0.1) is 12.6 Å². The quantitative estimate of drug-likeness (QED) is 0.775. The predicted molar refractivity (Wildman–Crippen MR) is 101 cm³/mol. The number of aliphatic carboxylic acids is 1. The summed E-state index contributed by atoms with van der Waals surface area (Å²) >= 11 is 0. The van der Waals surface area contributed by atoms with Gasteiger partial charge in [-0.1, -0.05) is 13.0 Å². The summed E-state index contributed by atoms with van der Waals surface area (Å²) in [5.74, 6) is 0.683. The molecule has 8 nitrogen and oxygen atoms in total. The molecule has 2 N–H and O–H groups in total. The molecule has 2 aliphatic heterocycles. The number of likely N-dealkylation sites (tertiary alicyclic amines) is 1. The van der Waals surface area contributed by atoms with Gasteiger partial charge >= 0.3 is 12.0 Å². The van der Waals surface area contributed by atoms with Crippen molar-refractivity contribution in [3.63, 3.8) is 0 Å². The summed E-state index contributed by atoms with van der Waals surface area (Å²) in [7, 11) is 0. The molecule has 2 amide bonds. The first-order valence-electron chi connectivity index (χ1n) is 9.97. The number of carboxylic acids is 1. The van der Waals surface area contributed by atoms with E-state index in [1.807, 2.05) is 34.9 Å². The molecule has 1 saturated heterocycles. The average molecular weight is 389 g/mol. The number of carbonyl (C=O) groups excluding carboxylic acids is 1. The molecular formula is C20H27N3O5. The fraction of sp³-hybridized carbons (Fsp3) is 0.600. The van der Waals surface area contributed by atoms with Crippen LogP contribution in [0.25, 0.3) is 0 Å². The van der Waals surface area contributed by atoms with Crippen LogP contribution in [0.2, 0.25) is 0 Å². The van der Waals surface area contributed by atoms with E-state index in [0.717, 1.165) is 49.3 Å². The second kappa shape index (κ2) is 7.87. The molecule has 0 aromatic heterocycles. The van der Waals surface area contributed by atoms with E-state index in [1.165, 1.54) is 0 Å². The molecule has 1 aromatic rings. The third kappa shape index (κ3) is 3.73. The van der Waals surface area contributed by atoms with Crippen LogP contribution in [-0.4, -0.2) is 65.4 Å². The van der Waals surface area contributed by atoms with Crippen molar-refractivity contribution >= 4 is 12.0 Å². The van der Waals surface area contributed by atoms with E-state index in [2.05, 4.69) is 5.32 Å². The van der Waals surface area contributed by atoms with Gasteiger partial charge in [-0.05, 0) is 49.9 Å². The molecule has 1 aromatic carbocycles. The van der Waals surface area contributed by atoms with E-state index in [4.69, 9.17) is 14.6 Å². The highest BCUT2D eigenvalue weighted by Crippen LogP contribution is 2.39. The number of benzene rings is 1. The van der Waals surface area contributed by atoms with Gasteiger partial charge in [-0.3, -0.25) is 9.69 Å². The molecule has 1 saturated carbocycles. The third-order valence-corrected chi connectivity index (χ3v) is 6.00. The van der Waals surface area contributed by atoms with E-state index in [9.17, 15) is 9.59 Å². The van der Waals surface area contributed by atoms with Crippen molar-refractivity contribution in [1.29, 1.82) is 0 Å². The predicted octanol–water partition coefficient (Wildman–Crippen LogP) is 2.20. The number of nitrogens with zero attached hydrogens (tertiary/aromatic N) is 2. The molecule has 0 radical (unpaired) electrons. The molecule has 0 spiro atoms. The summed E-state index contributed by atoms with van der Waals surface area (Å²) in [4.78, 5) is 27.7. The number of amides is 2. The maximum Gasteiger partial charge on any atom is 0.318 e. The minimum atomic E-state index is -0.807. The van der Waals surface area contributed by atoms with E-state index >= 15 is 0 Å². The number of ether oxygens (including phenoxy) is 2. The minimum Gasteiger partial charge on any atom is -0.480 e. The monoisotopic (exact) mass is 389 g/mol. The molecule has 1 aliphatic carbocycles. The molecule has 4 rings (SSSR count). The summed E-state index contributed by atoms with van der Waals surface area (Å²) in [6, 6.07) is 6.24. The number of urea groups is 1. The highest BCUT2D eigenvalue weighted by molar-refractivity contribution is 5.75. The van der Waals surface area contributed by atoms with Crippen LogP contribution in [0.3, 0.4) is 0 Å². The highest BCUT2D eigenvalue weighted by Gasteiger charge is 2.37. The van der Waals surface area contributed by atoms with Gasteiger partial charge in [0.25, 0.3) is 0 Å². The second-order valence-electron chi connectivity index (χ2n) is 7.69. The lowest BCUT2D eigenvalue weighted by molar-refractivity contribution is -0.139. The topological polar surface area (TPSA) is 91.3 Å². The highest BCUT2D eigenvalue weighted by atomic mass is 16.7.